The monoisotopic (exact) mass is 361 g/mol. The summed E-state index contributed by atoms with van der Waals surface area (Å²) < 4.78 is 13.0. The number of carbonyl (C=O) groups excluding carboxylic acids is 1. The summed E-state index contributed by atoms with van der Waals surface area (Å²) in [4.78, 5) is 19.1. The summed E-state index contributed by atoms with van der Waals surface area (Å²) in [5, 5.41) is 2.89. The van der Waals surface area contributed by atoms with Gasteiger partial charge in [-0.1, -0.05) is 19.1 Å². The molecule has 134 valence electrons. The van der Waals surface area contributed by atoms with Crippen LogP contribution in [0.4, 0.5) is 4.39 Å². The Morgan fingerprint density at radius 2 is 2.16 bits per heavy atom. The van der Waals surface area contributed by atoms with E-state index in [1.54, 1.807) is 23.5 Å². The van der Waals surface area contributed by atoms with E-state index in [-0.39, 0.29) is 17.8 Å². The predicted octanol–water partition coefficient (Wildman–Crippen LogP) is 3.00. The minimum absolute atomic E-state index is 0.112. The fourth-order valence-electron chi connectivity index (χ4n) is 3.35. The highest BCUT2D eigenvalue weighted by atomic mass is 32.1. The maximum Gasteiger partial charge on any atom is 0.228 e. The van der Waals surface area contributed by atoms with E-state index in [1.165, 1.54) is 12.1 Å². The zero-order chi connectivity index (χ0) is 17.8. The van der Waals surface area contributed by atoms with Crippen molar-refractivity contribution in [2.24, 2.45) is 11.7 Å². The lowest BCUT2D eigenvalue weighted by molar-refractivity contribution is -0.134. The van der Waals surface area contributed by atoms with Gasteiger partial charge in [-0.3, -0.25) is 4.79 Å². The number of carbonyl (C=O) groups is 1. The molecule has 0 bridgehead atoms. The summed E-state index contributed by atoms with van der Waals surface area (Å²) >= 11 is 1.54. The van der Waals surface area contributed by atoms with Crippen LogP contribution in [0.3, 0.4) is 0 Å². The average Bonchev–Trinajstić information content (AvgIpc) is 3.03. The molecule has 1 amide bonds. The Labute approximate surface area is 151 Å². The lowest BCUT2D eigenvalue weighted by atomic mass is 9.92. The Bertz CT molecular complexity index is 716. The van der Waals surface area contributed by atoms with Gasteiger partial charge in [0.2, 0.25) is 5.91 Å². The van der Waals surface area contributed by atoms with Crippen molar-refractivity contribution in [1.29, 1.82) is 0 Å². The van der Waals surface area contributed by atoms with E-state index in [9.17, 15) is 9.18 Å². The molecule has 0 saturated carbocycles. The number of thiazole rings is 1. The fraction of sp³-hybridized carbons (Fsp3) is 0.474. The molecule has 6 heteroatoms. The van der Waals surface area contributed by atoms with E-state index in [2.05, 4.69) is 11.9 Å². The third-order valence-corrected chi connectivity index (χ3v) is 5.67. The lowest BCUT2D eigenvalue weighted by Crippen LogP contribution is -2.49. The number of benzene rings is 1. The highest BCUT2D eigenvalue weighted by Gasteiger charge is 2.29. The van der Waals surface area contributed by atoms with Gasteiger partial charge in [0, 0.05) is 30.9 Å². The molecular weight excluding hydrogens is 337 g/mol. The second kappa shape index (κ2) is 8.06. The Morgan fingerprint density at radius 1 is 1.40 bits per heavy atom. The second-order valence-electron chi connectivity index (χ2n) is 6.82. The first-order chi connectivity index (χ1) is 12.0. The van der Waals surface area contributed by atoms with Gasteiger partial charge in [0.25, 0.3) is 0 Å². The minimum atomic E-state index is -0.237. The molecule has 3 rings (SSSR count). The summed E-state index contributed by atoms with van der Waals surface area (Å²) in [5.74, 6) is 0.500. The third-order valence-electron chi connectivity index (χ3n) is 4.77. The normalized spacial score (nSPS) is 20.7. The standard InChI is InChI=1S/C19H24FN3OS/c1-13-6-7-23(17(8-13)11-21)19(24)10-16-12-25-18(22-16)9-14-2-4-15(20)5-3-14/h2-5,12-13,17H,6-11,21H2,1H3. The number of halogens is 1. The maximum absolute atomic E-state index is 13.0. The number of aromatic nitrogens is 1. The highest BCUT2D eigenvalue weighted by molar-refractivity contribution is 7.09. The van der Waals surface area contributed by atoms with Crippen LogP contribution in [0.5, 0.6) is 0 Å². The molecule has 2 aromatic rings. The predicted molar refractivity (Wildman–Crippen MR) is 98.0 cm³/mol. The largest absolute Gasteiger partial charge is 0.338 e. The zero-order valence-electron chi connectivity index (χ0n) is 14.5. The van der Waals surface area contributed by atoms with Crippen molar-refractivity contribution >= 4 is 17.2 Å². The Morgan fingerprint density at radius 3 is 2.88 bits per heavy atom. The second-order valence-corrected chi connectivity index (χ2v) is 7.76. The van der Waals surface area contributed by atoms with Crippen molar-refractivity contribution in [3.8, 4) is 0 Å². The molecule has 1 aromatic heterocycles. The van der Waals surface area contributed by atoms with Gasteiger partial charge in [-0.05, 0) is 36.5 Å². The van der Waals surface area contributed by atoms with E-state index in [4.69, 9.17) is 5.73 Å². The molecular formula is C19H24FN3OS. The molecule has 2 unspecified atom stereocenters. The molecule has 2 heterocycles. The molecule has 1 aromatic carbocycles. The number of nitrogens with two attached hydrogens (primary N) is 1. The first-order valence-corrected chi connectivity index (χ1v) is 9.60. The molecule has 1 aliphatic rings. The highest BCUT2D eigenvalue weighted by Crippen LogP contribution is 2.23. The van der Waals surface area contributed by atoms with E-state index >= 15 is 0 Å². The summed E-state index contributed by atoms with van der Waals surface area (Å²) in [6.07, 6.45) is 3.00. The molecule has 1 saturated heterocycles. The number of likely N-dealkylation sites (tertiary alicyclic amines) is 1. The number of piperidine rings is 1. The van der Waals surface area contributed by atoms with E-state index in [0.717, 1.165) is 35.7 Å². The number of hydrogen-bond donors (Lipinski definition) is 1. The van der Waals surface area contributed by atoms with Crippen molar-refractivity contribution in [2.75, 3.05) is 13.1 Å². The third kappa shape index (κ3) is 4.64. The molecule has 0 spiro atoms. The van der Waals surface area contributed by atoms with Crippen LogP contribution in [0.1, 0.15) is 36.0 Å². The topological polar surface area (TPSA) is 59.2 Å². The number of amides is 1. The smallest absolute Gasteiger partial charge is 0.228 e. The van der Waals surface area contributed by atoms with E-state index < -0.39 is 0 Å². The van der Waals surface area contributed by atoms with E-state index in [1.807, 2.05) is 10.3 Å². The molecule has 1 aliphatic heterocycles. The van der Waals surface area contributed by atoms with Gasteiger partial charge in [0.15, 0.2) is 0 Å². The van der Waals surface area contributed by atoms with Crippen LogP contribution in [-0.4, -0.2) is 34.9 Å². The van der Waals surface area contributed by atoms with Crippen LogP contribution in [-0.2, 0) is 17.6 Å². The first-order valence-electron chi connectivity index (χ1n) is 8.72. The van der Waals surface area contributed by atoms with Crippen LogP contribution in [0, 0.1) is 11.7 Å². The van der Waals surface area contributed by atoms with Crippen molar-refractivity contribution in [3.63, 3.8) is 0 Å². The summed E-state index contributed by atoms with van der Waals surface area (Å²) in [5.41, 5.74) is 7.68. The molecule has 25 heavy (non-hydrogen) atoms. The van der Waals surface area contributed by atoms with Gasteiger partial charge in [-0.2, -0.15) is 0 Å². The zero-order valence-corrected chi connectivity index (χ0v) is 15.3. The Kier molecular flexibility index (Phi) is 5.81. The minimum Gasteiger partial charge on any atom is -0.338 e. The molecule has 2 atom stereocenters. The molecule has 0 radical (unpaired) electrons. The van der Waals surface area contributed by atoms with Crippen molar-refractivity contribution in [3.05, 3.63) is 51.7 Å². The SMILES string of the molecule is CC1CCN(C(=O)Cc2csc(Cc3ccc(F)cc3)n2)C(CN)C1. The first kappa shape index (κ1) is 18.0. The average molecular weight is 361 g/mol. The van der Waals surface area contributed by atoms with Crippen LogP contribution in [0.15, 0.2) is 29.6 Å². The molecule has 0 aliphatic carbocycles. The van der Waals surface area contributed by atoms with Gasteiger partial charge in [0.1, 0.15) is 5.82 Å². The molecule has 1 fully saturated rings. The van der Waals surface area contributed by atoms with Gasteiger partial charge in [-0.25, -0.2) is 9.37 Å². The number of rotatable bonds is 5. The van der Waals surface area contributed by atoms with Gasteiger partial charge in [0.05, 0.1) is 17.1 Å². The van der Waals surface area contributed by atoms with E-state index in [0.29, 0.717) is 25.3 Å². The quantitative estimate of drug-likeness (QED) is 0.891. The van der Waals surface area contributed by atoms with Gasteiger partial charge in [-0.15, -0.1) is 11.3 Å². The van der Waals surface area contributed by atoms with Crippen LogP contribution in [0.2, 0.25) is 0 Å². The summed E-state index contributed by atoms with van der Waals surface area (Å²) in [6.45, 7) is 3.52. The van der Waals surface area contributed by atoms with Crippen LogP contribution >= 0.6 is 11.3 Å². The lowest BCUT2D eigenvalue weighted by Gasteiger charge is -2.38. The Balaban J connectivity index is 1.60. The van der Waals surface area contributed by atoms with Gasteiger partial charge >= 0.3 is 0 Å². The molecule has 4 nitrogen and oxygen atoms in total. The summed E-state index contributed by atoms with van der Waals surface area (Å²) in [7, 11) is 0. The number of hydrogen-bond acceptors (Lipinski definition) is 4. The van der Waals surface area contributed by atoms with Crippen LogP contribution < -0.4 is 5.73 Å². The van der Waals surface area contributed by atoms with Crippen molar-refractivity contribution < 1.29 is 9.18 Å². The maximum atomic E-state index is 13.0. The molecule has 2 N–H and O–H groups in total. The Hall–Kier alpha value is -1.79. The van der Waals surface area contributed by atoms with Crippen molar-refractivity contribution in [2.45, 2.75) is 38.6 Å². The van der Waals surface area contributed by atoms with Crippen LogP contribution in [0.25, 0.3) is 0 Å². The number of nitrogens with zero attached hydrogens (tertiary/aromatic N) is 2. The van der Waals surface area contributed by atoms with Gasteiger partial charge < -0.3 is 10.6 Å². The van der Waals surface area contributed by atoms with Crippen molar-refractivity contribution in [1.82, 2.24) is 9.88 Å². The fourth-order valence-corrected chi connectivity index (χ4v) is 4.18. The summed E-state index contributed by atoms with van der Waals surface area (Å²) in [6, 6.07) is 6.59.